The maximum atomic E-state index is 10.4. The Morgan fingerprint density at radius 2 is 1.50 bits per heavy atom. The van der Waals surface area contributed by atoms with E-state index in [-0.39, 0.29) is 12.1 Å². The van der Waals surface area contributed by atoms with Crippen molar-refractivity contribution in [3.8, 4) is 0 Å². The van der Waals surface area contributed by atoms with E-state index in [4.69, 9.17) is 14.9 Å². The highest BCUT2D eigenvalue weighted by Crippen LogP contribution is 1.90. The zero-order valence-electron chi connectivity index (χ0n) is 9.47. The number of rotatable bonds is 4. The minimum Gasteiger partial charge on any atom is -0.478 e. The van der Waals surface area contributed by atoms with Crippen LogP contribution in [-0.4, -0.2) is 34.2 Å². The van der Waals surface area contributed by atoms with Crippen molar-refractivity contribution in [2.45, 2.75) is 33.3 Å². The summed E-state index contributed by atoms with van der Waals surface area (Å²) in [5.74, 6) is -2.64. The van der Waals surface area contributed by atoms with Crippen LogP contribution < -0.4 is 0 Å². The maximum Gasteiger partial charge on any atom is 0.328 e. The van der Waals surface area contributed by atoms with Crippen molar-refractivity contribution in [2.24, 2.45) is 0 Å². The molecule has 6 nitrogen and oxygen atoms in total. The predicted molar refractivity (Wildman–Crippen MR) is 55.9 cm³/mol. The van der Waals surface area contributed by atoms with Crippen LogP contribution in [0.4, 0.5) is 0 Å². The minimum absolute atomic E-state index is 0.0300. The molecule has 0 saturated heterocycles. The third-order valence-corrected chi connectivity index (χ3v) is 1.02. The molecule has 0 unspecified atom stereocenters. The van der Waals surface area contributed by atoms with Gasteiger partial charge in [-0.1, -0.05) is 6.92 Å². The van der Waals surface area contributed by atoms with Crippen LogP contribution in [0.2, 0.25) is 0 Å². The quantitative estimate of drug-likeness (QED) is 0.555. The normalized spacial score (nSPS) is 9.50. The second-order valence-corrected chi connectivity index (χ2v) is 2.90. The average Bonchev–Trinajstić information content (AvgIpc) is 2.14. The summed E-state index contributed by atoms with van der Waals surface area (Å²) in [6, 6.07) is 0. The van der Waals surface area contributed by atoms with E-state index >= 15 is 0 Å². The Kier molecular flexibility index (Phi) is 10.0. The Labute approximate surface area is 93.5 Å². The second kappa shape index (κ2) is 9.70. The number of ether oxygens (including phenoxy) is 1. The predicted octanol–water partition coefficient (Wildman–Crippen LogP) is 1.06. The number of hydrogen-bond donors (Lipinski definition) is 2. The van der Waals surface area contributed by atoms with Crippen LogP contribution in [0.3, 0.4) is 0 Å². The van der Waals surface area contributed by atoms with Gasteiger partial charge in [-0.05, 0) is 13.8 Å². The van der Waals surface area contributed by atoms with Gasteiger partial charge in [0.15, 0.2) is 0 Å². The first kappa shape index (κ1) is 16.6. The lowest BCUT2D eigenvalue weighted by Gasteiger charge is -2.04. The van der Waals surface area contributed by atoms with E-state index in [0.717, 1.165) is 0 Å². The van der Waals surface area contributed by atoms with Gasteiger partial charge in [0.05, 0.1) is 6.10 Å². The molecule has 0 aliphatic rings. The molecule has 0 aliphatic heterocycles. The lowest BCUT2D eigenvalue weighted by atomic mass is 10.4. The van der Waals surface area contributed by atoms with Crippen LogP contribution in [0, 0.1) is 0 Å². The molecule has 0 atom stereocenters. The molecule has 2 N–H and O–H groups in total. The standard InChI is InChI=1S/C6H12O2.C4H4O4/c1-4-6(7)8-5(2)3;5-3(6)1-2-4(7)8/h5H,4H2,1-3H3;1-2H,(H,5,6)(H,7,8)/b;2-1+. The van der Waals surface area contributed by atoms with Gasteiger partial charge in [-0.2, -0.15) is 0 Å². The highest BCUT2D eigenvalue weighted by Gasteiger charge is 1.98. The molecule has 0 heterocycles. The van der Waals surface area contributed by atoms with E-state index in [0.29, 0.717) is 18.6 Å². The Morgan fingerprint density at radius 3 is 1.62 bits per heavy atom. The summed E-state index contributed by atoms with van der Waals surface area (Å²) in [5, 5.41) is 15.6. The van der Waals surface area contributed by atoms with Crippen molar-refractivity contribution in [3.05, 3.63) is 12.2 Å². The Bertz CT molecular complexity index is 250. The van der Waals surface area contributed by atoms with Crippen molar-refractivity contribution in [3.63, 3.8) is 0 Å². The SMILES string of the molecule is CCC(=O)OC(C)C.O=C(O)/C=C/C(=O)O. The van der Waals surface area contributed by atoms with Gasteiger partial charge in [0.2, 0.25) is 0 Å². The summed E-state index contributed by atoms with van der Waals surface area (Å²) in [7, 11) is 0. The first-order valence-electron chi connectivity index (χ1n) is 4.63. The largest absolute Gasteiger partial charge is 0.478 e. The van der Waals surface area contributed by atoms with Gasteiger partial charge in [0, 0.05) is 18.6 Å². The lowest BCUT2D eigenvalue weighted by Crippen LogP contribution is -2.09. The zero-order valence-corrected chi connectivity index (χ0v) is 9.47. The molecule has 92 valence electrons. The lowest BCUT2D eigenvalue weighted by molar-refractivity contribution is -0.147. The van der Waals surface area contributed by atoms with Crippen LogP contribution in [0.1, 0.15) is 27.2 Å². The third kappa shape index (κ3) is 18.0. The van der Waals surface area contributed by atoms with Gasteiger partial charge in [0.1, 0.15) is 0 Å². The molecule has 0 fully saturated rings. The van der Waals surface area contributed by atoms with Gasteiger partial charge in [-0.25, -0.2) is 9.59 Å². The van der Waals surface area contributed by atoms with Crippen molar-refractivity contribution < 1.29 is 29.3 Å². The smallest absolute Gasteiger partial charge is 0.328 e. The fourth-order valence-electron chi connectivity index (χ4n) is 0.489. The van der Waals surface area contributed by atoms with Crippen LogP contribution >= 0.6 is 0 Å². The van der Waals surface area contributed by atoms with Gasteiger partial charge in [-0.3, -0.25) is 4.79 Å². The first-order chi connectivity index (χ1) is 7.29. The molecule has 0 rings (SSSR count). The van der Waals surface area contributed by atoms with Crippen LogP contribution in [0.25, 0.3) is 0 Å². The van der Waals surface area contributed by atoms with Gasteiger partial charge in [-0.15, -0.1) is 0 Å². The first-order valence-corrected chi connectivity index (χ1v) is 4.63. The molecule has 0 aliphatic carbocycles. The molecule has 16 heavy (non-hydrogen) atoms. The van der Waals surface area contributed by atoms with Crippen molar-refractivity contribution in [2.75, 3.05) is 0 Å². The highest BCUT2D eigenvalue weighted by atomic mass is 16.5. The second-order valence-electron chi connectivity index (χ2n) is 2.90. The molecule has 0 amide bonds. The Hall–Kier alpha value is -1.85. The molecule has 0 aromatic rings. The third-order valence-electron chi connectivity index (χ3n) is 1.02. The molecule has 0 aromatic heterocycles. The summed E-state index contributed by atoms with van der Waals surface area (Å²) >= 11 is 0. The number of carboxylic acid groups (broad SMARTS) is 2. The van der Waals surface area contributed by atoms with E-state index in [1.165, 1.54) is 0 Å². The van der Waals surface area contributed by atoms with Crippen LogP contribution in [0.15, 0.2) is 12.2 Å². The fraction of sp³-hybridized carbons (Fsp3) is 0.500. The minimum atomic E-state index is -1.26. The number of carboxylic acids is 2. The molecule has 0 aromatic carbocycles. The summed E-state index contributed by atoms with van der Waals surface area (Å²) in [5.41, 5.74) is 0. The number of carbonyl (C=O) groups excluding carboxylic acids is 1. The van der Waals surface area contributed by atoms with Crippen molar-refractivity contribution in [1.82, 2.24) is 0 Å². The fourth-order valence-corrected chi connectivity index (χ4v) is 0.489. The molecule has 0 radical (unpaired) electrons. The van der Waals surface area contributed by atoms with Crippen LogP contribution in [0.5, 0.6) is 0 Å². The van der Waals surface area contributed by atoms with Gasteiger partial charge < -0.3 is 14.9 Å². The van der Waals surface area contributed by atoms with E-state index < -0.39 is 11.9 Å². The number of hydrogen-bond acceptors (Lipinski definition) is 4. The van der Waals surface area contributed by atoms with E-state index in [9.17, 15) is 14.4 Å². The summed E-state index contributed by atoms with van der Waals surface area (Å²) in [6.45, 7) is 5.46. The molecule has 0 bridgehead atoms. The number of aliphatic carboxylic acids is 2. The van der Waals surface area contributed by atoms with E-state index in [1.54, 1.807) is 6.92 Å². The monoisotopic (exact) mass is 232 g/mol. The summed E-state index contributed by atoms with van der Waals surface area (Å²) in [6.07, 6.45) is 1.62. The number of carbonyl (C=O) groups is 3. The van der Waals surface area contributed by atoms with E-state index in [2.05, 4.69) is 0 Å². The number of esters is 1. The van der Waals surface area contributed by atoms with Gasteiger partial charge in [0.25, 0.3) is 0 Å². The Balaban J connectivity index is 0. The summed E-state index contributed by atoms with van der Waals surface area (Å²) in [4.78, 5) is 29.5. The van der Waals surface area contributed by atoms with Crippen LogP contribution in [-0.2, 0) is 19.1 Å². The molecule has 6 heteroatoms. The summed E-state index contributed by atoms with van der Waals surface area (Å²) < 4.78 is 4.76. The Morgan fingerprint density at radius 1 is 1.12 bits per heavy atom. The topological polar surface area (TPSA) is 101 Å². The molecule has 0 spiro atoms. The zero-order chi connectivity index (χ0) is 13.1. The average molecular weight is 232 g/mol. The molecular weight excluding hydrogens is 216 g/mol. The van der Waals surface area contributed by atoms with Crippen molar-refractivity contribution >= 4 is 17.9 Å². The maximum absolute atomic E-state index is 10.4. The molecule has 0 saturated carbocycles. The molecular formula is C10H16O6. The van der Waals surface area contributed by atoms with Gasteiger partial charge >= 0.3 is 17.9 Å². The van der Waals surface area contributed by atoms with E-state index in [1.807, 2.05) is 13.8 Å². The highest BCUT2D eigenvalue weighted by molar-refractivity contribution is 5.89. The van der Waals surface area contributed by atoms with Crippen molar-refractivity contribution in [1.29, 1.82) is 0 Å².